The third kappa shape index (κ3) is 3.14. The van der Waals surface area contributed by atoms with Gasteiger partial charge in [-0.2, -0.15) is 0 Å². The molecule has 1 N–H and O–H groups in total. The van der Waals surface area contributed by atoms with E-state index in [0.29, 0.717) is 10.2 Å². The van der Waals surface area contributed by atoms with E-state index in [0.717, 1.165) is 0 Å². The number of benzene rings is 1. The van der Waals surface area contributed by atoms with Gasteiger partial charge in [0.05, 0.1) is 15.1 Å². The maximum Gasteiger partial charge on any atom is 0.270 e. The van der Waals surface area contributed by atoms with Crippen LogP contribution in [0.3, 0.4) is 0 Å². The predicted molar refractivity (Wildman–Crippen MR) is 73.0 cm³/mol. The molecule has 0 aliphatic carbocycles. The summed E-state index contributed by atoms with van der Waals surface area (Å²) in [6.07, 6.45) is 3.08. The molecule has 0 fully saturated rings. The predicted octanol–water partition coefficient (Wildman–Crippen LogP) is 3.00. The van der Waals surface area contributed by atoms with Gasteiger partial charge < -0.3 is 5.32 Å². The monoisotopic (exact) mass is 321 g/mol. The number of non-ortho nitro benzene ring substituents is 1. The van der Waals surface area contributed by atoms with Crippen LogP contribution in [-0.2, 0) is 0 Å². The van der Waals surface area contributed by atoms with Crippen molar-refractivity contribution in [2.75, 3.05) is 5.32 Å². The normalized spacial score (nSPS) is 9.95. The molecule has 1 amide bonds. The van der Waals surface area contributed by atoms with Crippen LogP contribution in [0, 0.1) is 10.1 Å². The zero-order valence-electron chi connectivity index (χ0n) is 9.54. The molecule has 2 rings (SSSR count). The van der Waals surface area contributed by atoms with E-state index in [4.69, 9.17) is 0 Å². The fourth-order valence-corrected chi connectivity index (χ4v) is 1.78. The van der Waals surface area contributed by atoms with Crippen LogP contribution in [0.5, 0.6) is 0 Å². The number of rotatable bonds is 3. The summed E-state index contributed by atoms with van der Waals surface area (Å²) in [5.74, 6) is -0.421. The minimum absolute atomic E-state index is 0.124. The first kappa shape index (κ1) is 13.2. The Morgan fingerprint density at radius 2 is 2.16 bits per heavy atom. The Labute approximate surface area is 116 Å². The van der Waals surface area contributed by atoms with Gasteiger partial charge in [-0.25, -0.2) is 0 Å². The number of carbonyl (C=O) groups is 1. The molecule has 2 aromatic rings. The van der Waals surface area contributed by atoms with Crippen molar-refractivity contribution in [3.63, 3.8) is 0 Å². The molecule has 7 heteroatoms. The first-order valence-corrected chi connectivity index (χ1v) is 6.02. The van der Waals surface area contributed by atoms with Crippen LogP contribution < -0.4 is 5.32 Å². The molecule has 1 aromatic carbocycles. The Morgan fingerprint density at radius 1 is 1.37 bits per heavy atom. The van der Waals surface area contributed by atoms with Crippen molar-refractivity contribution in [1.82, 2.24) is 4.98 Å². The molecule has 0 saturated heterocycles. The van der Waals surface area contributed by atoms with Gasteiger partial charge in [0.25, 0.3) is 11.6 Å². The van der Waals surface area contributed by atoms with Crippen LogP contribution >= 0.6 is 15.9 Å². The molecular weight excluding hydrogens is 314 g/mol. The first-order valence-electron chi connectivity index (χ1n) is 5.23. The molecule has 1 aromatic heterocycles. The molecule has 0 spiro atoms. The minimum Gasteiger partial charge on any atom is -0.321 e. The van der Waals surface area contributed by atoms with Crippen LogP contribution in [0.2, 0.25) is 0 Å². The molecule has 19 heavy (non-hydrogen) atoms. The number of aromatic nitrogens is 1. The summed E-state index contributed by atoms with van der Waals surface area (Å²) in [7, 11) is 0. The number of carbonyl (C=O) groups excluding carboxylic acids is 1. The number of nitro groups is 1. The van der Waals surface area contributed by atoms with Crippen LogP contribution in [0.25, 0.3) is 0 Å². The summed E-state index contributed by atoms with van der Waals surface area (Å²) >= 11 is 3.25. The molecule has 0 aliphatic heterocycles. The van der Waals surface area contributed by atoms with Gasteiger partial charge in [0.15, 0.2) is 0 Å². The Morgan fingerprint density at radius 3 is 2.84 bits per heavy atom. The van der Waals surface area contributed by atoms with Crippen molar-refractivity contribution < 1.29 is 9.72 Å². The van der Waals surface area contributed by atoms with Gasteiger partial charge in [0, 0.05) is 30.1 Å². The van der Waals surface area contributed by atoms with E-state index >= 15 is 0 Å². The molecule has 0 aliphatic rings. The Balaban J connectivity index is 2.23. The number of nitro benzene ring substituents is 1. The quantitative estimate of drug-likeness (QED) is 0.695. The van der Waals surface area contributed by atoms with Gasteiger partial charge in [0.2, 0.25) is 0 Å². The highest BCUT2D eigenvalue weighted by molar-refractivity contribution is 9.10. The van der Waals surface area contributed by atoms with Crippen molar-refractivity contribution in [3.05, 3.63) is 62.9 Å². The largest absolute Gasteiger partial charge is 0.321 e. The molecule has 0 bridgehead atoms. The lowest BCUT2D eigenvalue weighted by molar-refractivity contribution is -0.384. The maximum absolute atomic E-state index is 12.0. The lowest BCUT2D eigenvalue weighted by atomic mass is 10.2. The Hall–Kier alpha value is -2.28. The lowest BCUT2D eigenvalue weighted by Crippen LogP contribution is -2.12. The average molecular weight is 322 g/mol. The van der Waals surface area contributed by atoms with Crippen molar-refractivity contribution in [1.29, 1.82) is 0 Å². The van der Waals surface area contributed by atoms with Gasteiger partial charge >= 0.3 is 0 Å². The van der Waals surface area contributed by atoms with E-state index in [9.17, 15) is 14.9 Å². The van der Waals surface area contributed by atoms with Crippen molar-refractivity contribution in [3.8, 4) is 0 Å². The number of hydrogen-bond donors (Lipinski definition) is 1. The molecule has 0 saturated carbocycles. The summed E-state index contributed by atoms with van der Waals surface area (Å²) in [4.78, 5) is 25.9. The number of pyridine rings is 1. The van der Waals surface area contributed by atoms with Crippen LogP contribution in [-0.4, -0.2) is 15.8 Å². The highest BCUT2D eigenvalue weighted by Gasteiger charge is 2.12. The Bertz CT molecular complexity index is 646. The topological polar surface area (TPSA) is 85.1 Å². The molecule has 1 heterocycles. The lowest BCUT2D eigenvalue weighted by Gasteiger charge is -2.06. The van der Waals surface area contributed by atoms with E-state index < -0.39 is 10.8 Å². The van der Waals surface area contributed by atoms with Crippen LogP contribution in [0.4, 0.5) is 11.4 Å². The summed E-state index contributed by atoms with van der Waals surface area (Å²) < 4.78 is 0.633. The summed E-state index contributed by atoms with van der Waals surface area (Å²) in [5.41, 5.74) is 0.644. The molecule has 6 nitrogen and oxygen atoms in total. The number of anilines is 1. The molecular formula is C12H8BrN3O3. The van der Waals surface area contributed by atoms with E-state index in [1.165, 1.54) is 30.5 Å². The van der Waals surface area contributed by atoms with E-state index in [2.05, 4.69) is 26.2 Å². The smallest absolute Gasteiger partial charge is 0.270 e. The zero-order valence-corrected chi connectivity index (χ0v) is 11.1. The van der Waals surface area contributed by atoms with Crippen LogP contribution in [0.1, 0.15) is 10.4 Å². The average Bonchev–Trinajstić information content (AvgIpc) is 2.41. The van der Waals surface area contributed by atoms with Crippen molar-refractivity contribution in [2.45, 2.75) is 0 Å². The number of halogens is 1. The molecule has 0 radical (unpaired) electrons. The summed E-state index contributed by atoms with van der Waals surface area (Å²) in [5, 5.41) is 13.3. The zero-order chi connectivity index (χ0) is 13.8. The molecule has 0 atom stereocenters. The Kier molecular flexibility index (Phi) is 3.86. The second kappa shape index (κ2) is 5.57. The first-order chi connectivity index (χ1) is 9.08. The number of hydrogen-bond acceptors (Lipinski definition) is 4. The standard InChI is InChI=1S/C12H8BrN3O3/c13-10-7-14-5-4-11(10)15-12(17)8-2-1-3-9(6-8)16(18)19/h1-7H,(H,14,15,17). The van der Waals surface area contributed by atoms with Gasteiger partial charge in [-0.05, 0) is 28.1 Å². The fourth-order valence-electron chi connectivity index (χ4n) is 1.43. The molecule has 0 unspecified atom stereocenters. The third-order valence-corrected chi connectivity index (χ3v) is 2.97. The van der Waals surface area contributed by atoms with Gasteiger partial charge in [-0.15, -0.1) is 0 Å². The van der Waals surface area contributed by atoms with Gasteiger partial charge in [-0.1, -0.05) is 6.07 Å². The maximum atomic E-state index is 12.0. The minimum atomic E-state index is -0.543. The fraction of sp³-hybridized carbons (Fsp3) is 0. The van der Waals surface area contributed by atoms with Crippen LogP contribution in [0.15, 0.2) is 47.2 Å². The van der Waals surface area contributed by atoms with E-state index in [1.54, 1.807) is 12.3 Å². The molecule has 96 valence electrons. The summed E-state index contributed by atoms with van der Waals surface area (Å²) in [6.45, 7) is 0. The van der Waals surface area contributed by atoms with E-state index in [1.807, 2.05) is 0 Å². The number of nitrogens with one attached hydrogen (secondary N) is 1. The third-order valence-electron chi connectivity index (χ3n) is 2.34. The van der Waals surface area contributed by atoms with Gasteiger partial charge in [-0.3, -0.25) is 19.9 Å². The second-order valence-corrected chi connectivity index (χ2v) is 4.47. The van der Waals surface area contributed by atoms with Crippen molar-refractivity contribution in [2.24, 2.45) is 0 Å². The highest BCUT2D eigenvalue weighted by atomic mass is 79.9. The van der Waals surface area contributed by atoms with E-state index in [-0.39, 0.29) is 11.3 Å². The van der Waals surface area contributed by atoms with Crippen molar-refractivity contribution >= 4 is 33.2 Å². The SMILES string of the molecule is O=C(Nc1ccncc1Br)c1cccc([N+](=O)[O-])c1. The second-order valence-electron chi connectivity index (χ2n) is 3.62. The highest BCUT2D eigenvalue weighted by Crippen LogP contribution is 2.21. The number of nitrogens with zero attached hydrogens (tertiary/aromatic N) is 2. The van der Waals surface area contributed by atoms with Gasteiger partial charge in [0.1, 0.15) is 0 Å². The summed E-state index contributed by atoms with van der Waals surface area (Å²) in [6, 6.07) is 7.16. The number of amides is 1.